The second-order valence-electron chi connectivity index (χ2n) is 5.01. The fourth-order valence-corrected chi connectivity index (χ4v) is 2.62. The van der Waals surface area contributed by atoms with Crippen molar-refractivity contribution < 1.29 is 9.18 Å². The van der Waals surface area contributed by atoms with E-state index in [1.807, 2.05) is 0 Å². The molecule has 1 atom stereocenters. The van der Waals surface area contributed by atoms with E-state index in [1.165, 1.54) is 35.6 Å². The van der Waals surface area contributed by atoms with Crippen molar-refractivity contribution in [1.82, 2.24) is 14.8 Å². The van der Waals surface area contributed by atoms with Gasteiger partial charge in [-0.2, -0.15) is 5.10 Å². The predicted octanol–water partition coefficient (Wildman–Crippen LogP) is 2.71. The Morgan fingerprint density at radius 3 is 2.67 bits per heavy atom. The molecule has 0 aliphatic carbocycles. The van der Waals surface area contributed by atoms with Crippen LogP contribution in [0.25, 0.3) is 11.3 Å². The van der Waals surface area contributed by atoms with Crippen LogP contribution < -0.4 is 10.9 Å². The lowest BCUT2D eigenvalue weighted by atomic mass is 10.1. The highest BCUT2D eigenvalue weighted by atomic mass is 32.1. The normalized spacial score (nSPS) is 11.9. The van der Waals surface area contributed by atoms with Crippen LogP contribution in [0.2, 0.25) is 0 Å². The summed E-state index contributed by atoms with van der Waals surface area (Å²) in [5.74, 6) is -0.751. The number of thiazole rings is 1. The average Bonchev–Trinajstić information content (AvgIpc) is 3.08. The first kappa shape index (κ1) is 16.0. The Kier molecular flexibility index (Phi) is 4.48. The molecule has 0 aliphatic heterocycles. The summed E-state index contributed by atoms with van der Waals surface area (Å²) in [6.07, 6.45) is 1.57. The Labute approximate surface area is 140 Å². The van der Waals surface area contributed by atoms with Crippen LogP contribution in [0, 0.1) is 5.82 Å². The maximum atomic E-state index is 13.0. The minimum Gasteiger partial charge on any atom is -0.300 e. The van der Waals surface area contributed by atoms with Crippen LogP contribution in [0.1, 0.15) is 13.0 Å². The second-order valence-corrected chi connectivity index (χ2v) is 5.91. The van der Waals surface area contributed by atoms with E-state index in [4.69, 9.17) is 0 Å². The number of nitrogens with zero attached hydrogens (tertiary/aromatic N) is 3. The van der Waals surface area contributed by atoms with Gasteiger partial charge < -0.3 is 5.32 Å². The number of hydrogen-bond acceptors (Lipinski definition) is 5. The number of anilines is 1. The summed E-state index contributed by atoms with van der Waals surface area (Å²) in [6.45, 7) is 1.58. The number of hydrogen-bond donors (Lipinski definition) is 1. The molecule has 1 unspecified atom stereocenters. The SMILES string of the molecule is CC(C(=O)Nc1nccs1)n1nc(-c2ccc(F)cc2)ccc1=O. The van der Waals surface area contributed by atoms with E-state index in [1.54, 1.807) is 30.6 Å². The van der Waals surface area contributed by atoms with Crippen molar-refractivity contribution in [1.29, 1.82) is 0 Å². The van der Waals surface area contributed by atoms with Gasteiger partial charge in [-0.25, -0.2) is 14.1 Å². The number of benzene rings is 1. The van der Waals surface area contributed by atoms with Gasteiger partial charge in [-0.1, -0.05) is 0 Å². The van der Waals surface area contributed by atoms with Crippen molar-refractivity contribution in [3.8, 4) is 11.3 Å². The Balaban J connectivity index is 1.89. The van der Waals surface area contributed by atoms with Crippen molar-refractivity contribution in [2.24, 2.45) is 0 Å². The van der Waals surface area contributed by atoms with Crippen molar-refractivity contribution in [3.05, 3.63) is 64.1 Å². The lowest BCUT2D eigenvalue weighted by Crippen LogP contribution is -2.33. The fraction of sp³-hybridized carbons (Fsp3) is 0.125. The van der Waals surface area contributed by atoms with Crippen molar-refractivity contribution in [2.75, 3.05) is 5.32 Å². The van der Waals surface area contributed by atoms with E-state index >= 15 is 0 Å². The lowest BCUT2D eigenvalue weighted by Gasteiger charge is -2.14. The number of halogens is 1. The van der Waals surface area contributed by atoms with Crippen molar-refractivity contribution in [2.45, 2.75) is 13.0 Å². The second kappa shape index (κ2) is 6.71. The van der Waals surface area contributed by atoms with E-state index < -0.39 is 17.5 Å². The molecule has 1 aromatic carbocycles. The van der Waals surface area contributed by atoms with Crippen LogP contribution in [0.4, 0.5) is 9.52 Å². The first-order valence-corrected chi connectivity index (χ1v) is 7.99. The molecule has 0 fully saturated rings. The molecule has 0 saturated heterocycles. The molecule has 3 aromatic rings. The number of amides is 1. The highest BCUT2D eigenvalue weighted by molar-refractivity contribution is 7.13. The molecule has 24 heavy (non-hydrogen) atoms. The largest absolute Gasteiger partial charge is 0.300 e. The third-order valence-electron chi connectivity index (χ3n) is 3.37. The van der Waals surface area contributed by atoms with E-state index in [9.17, 15) is 14.0 Å². The molecule has 3 rings (SSSR count). The summed E-state index contributed by atoms with van der Waals surface area (Å²) < 4.78 is 14.1. The van der Waals surface area contributed by atoms with Crippen LogP contribution in [0.3, 0.4) is 0 Å². The summed E-state index contributed by atoms with van der Waals surface area (Å²) in [5, 5.41) is 9.05. The fourth-order valence-electron chi connectivity index (χ4n) is 2.08. The number of aromatic nitrogens is 3. The molecule has 1 amide bonds. The van der Waals surface area contributed by atoms with Crippen LogP contribution >= 0.6 is 11.3 Å². The first-order chi connectivity index (χ1) is 11.5. The van der Waals surface area contributed by atoms with E-state index in [-0.39, 0.29) is 5.82 Å². The Morgan fingerprint density at radius 2 is 2.00 bits per heavy atom. The van der Waals surface area contributed by atoms with Gasteiger partial charge in [-0.05, 0) is 37.3 Å². The molecule has 1 N–H and O–H groups in total. The van der Waals surface area contributed by atoms with Gasteiger partial charge in [0.15, 0.2) is 5.13 Å². The number of carbonyl (C=O) groups excluding carboxylic acids is 1. The van der Waals surface area contributed by atoms with Gasteiger partial charge in [-0.3, -0.25) is 9.59 Å². The standard InChI is InChI=1S/C16H13FN4O2S/c1-10(15(23)19-16-18-8-9-24-16)21-14(22)7-6-13(20-21)11-2-4-12(17)5-3-11/h2-10H,1H3,(H,18,19,23). The summed E-state index contributed by atoms with van der Waals surface area (Å²) in [4.78, 5) is 28.3. The molecule has 0 spiro atoms. The third-order valence-corrected chi connectivity index (χ3v) is 4.06. The molecule has 122 valence electrons. The molecular weight excluding hydrogens is 331 g/mol. The highest BCUT2D eigenvalue weighted by Crippen LogP contribution is 2.17. The van der Waals surface area contributed by atoms with Crippen LogP contribution in [-0.2, 0) is 4.79 Å². The van der Waals surface area contributed by atoms with Crippen molar-refractivity contribution in [3.63, 3.8) is 0 Å². The average molecular weight is 344 g/mol. The molecular formula is C16H13FN4O2S. The molecule has 2 aromatic heterocycles. The Hall–Kier alpha value is -2.87. The lowest BCUT2D eigenvalue weighted by molar-refractivity contribution is -0.119. The van der Waals surface area contributed by atoms with Gasteiger partial charge in [0.25, 0.3) is 11.5 Å². The zero-order valence-electron chi connectivity index (χ0n) is 12.6. The topological polar surface area (TPSA) is 76.9 Å². The predicted molar refractivity (Wildman–Crippen MR) is 89.3 cm³/mol. The highest BCUT2D eigenvalue weighted by Gasteiger charge is 2.19. The zero-order chi connectivity index (χ0) is 17.1. The van der Waals surface area contributed by atoms with Crippen LogP contribution in [0.5, 0.6) is 0 Å². The minimum absolute atomic E-state index is 0.358. The summed E-state index contributed by atoms with van der Waals surface area (Å²) in [6, 6.07) is 7.80. The van der Waals surface area contributed by atoms with Gasteiger partial charge in [0, 0.05) is 23.2 Å². The van der Waals surface area contributed by atoms with Gasteiger partial charge in [0.2, 0.25) is 0 Å². The Bertz CT molecular complexity index is 907. The minimum atomic E-state index is -0.818. The van der Waals surface area contributed by atoms with Crippen molar-refractivity contribution >= 4 is 22.4 Å². The monoisotopic (exact) mass is 344 g/mol. The molecule has 0 bridgehead atoms. The van der Waals surface area contributed by atoms with Gasteiger partial charge in [0.1, 0.15) is 11.9 Å². The summed E-state index contributed by atoms with van der Waals surface area (Å²) >= 11 is 1.28. The van der Waals surface area contributed by atoms with E-state index in [2.05, 4.69) is 15.4 Å². The van der Waals surface area contributed by atoms with Gasteiger partial charge in [-0.15, -0.1) is 11.3 Å². The van der Waals surface area contributed by atoms with Gasteiger partial charge >= 0.3 is 0 Å². The van der Waals surface area contributed by atoms with Crippen LogP contribution in [0.15, 0.2) is 52.8 Å². The van der Waals surface area contributed by atoms with E-state index in [0.717, 1.165) is 4.68 Å². The van der Waals surface area contributed by atoms with E-state index in [0.29, 0.717) is 16.4 Å². The summed E-state index contributed by atoms with van der Waals surface area (Å²) in [5.41, 5.74) is 0.726. The molecule has 2 heterocycles. The summed E-state index contributed by atoms with van der Waals surface area (Å²) in [7, 11) is 0. The Morgan fingerprint density at radius 1 is 1.25 bits per heavy atom. The third kappa shape index (κ3) is 3.38. The maximum Gasteiger partial charge on any atom is 0.267 e. The zero-order valence-corrected chi connectivity index (χ0v) is 13.5. The quantitative estimate of drug-likeness (QED) is 0.789. The number of nitrogens with one attached hydrogen (secondary N) is 1. The molecule has 0 radical (unpaired) electrons. The molecule has 0 aliphatic rings. The molecule has 6 nitrogen and oxygen atoms in total. The molecule has 8 heteroatoms. The molecule has 0 saturated carbocycles. The van der Waals surface area contributed by atoms with Gasteiger partial charge in [0.05, 0.1) is 5.69 Å². The van der Waals surface area contributed by atoms with Crippen LogP contribution in [-0.4, -0.2) is 20.7 Å². The maximum absolute atomic E-state index is 13.0. The number of rotatable bonds is 4. The first-order valence-electron chi connectivity index (χ1n) is 7.11. The number of carbonyl (C=O) groups is 1. The smallest absolute Gasteiger partial charge is 0.267 e.